The molecule has 2 fully saturated rings. The summed E-state index contributed by atoms with van der Waals surface area (Å²) < 4.78 is 12.8. The van der Waals surface area contributed by atoms with Gasteiger partial charge >= 0.3 is 0 Å². The molecule has 2 aliphatic rings. The molecule has 1 N–H and O–H groups in total. The van der Waals surface area contributed by atoms with E-state index >= 15 is 0 Å². The highest BCUT2D eigenvalue weighted by Gasteiger charge is 2.25. The highest BCUT2D eigenvalue weighted by Crippen LogP contribution is 2.31. The second-order valence-electron chi connectivity index (χ2n) is 8.75. The lowest BCUT2D eigenvalue weighted by Crippen LogP contribution is -2.42. The summed E-state index contributed by atoms with van der Waals surface area (Å²) in [6, 6.07) is 3.65. The van der Waals surface area contributed by atoms with Crippen molar-refractivity contribution in [2.75, 3.05) is 70.6 Å². The van der Waals surface area contributed by atoms with E-state index < -0.39 is 0 Å². The van der Waals surface area contributed by atoms with Crippen LogP contribution in [0.3, 0.4) is 0 Å². The Morgan fingerprint density at radius 2 is 1.89 bits per heavy atom. The molecule has 3 aromatic heterocycles. The van der Waals surface area contributed by atoms with Gasteiger partial charge in [0, 0.05) is 39.3 Å². The minimum Gasteiger partial charge on any atom is -0.379 e. The van der Waals surface area contributed by atoms with Gasteiger partial charge in [0.15, 0.2) is 5.65 Å². The van der Waals surface area contributed by atoms with Crippen LogP contribution in [-0.2, 0) is 9.47 Å². The minimum atomic E-state index is -0.367. The lowest BCUT2D eigenvalue weighted by molar-refractivity contribution is 0.0383. The van der Waals surface area contributed by atoms with Crippen LogP contribution in [0.4, 0.5) is 5.82 Å². The number of nitrogens with one attached hydrogen (secondary N) is 1. The van der Waals surface area contributed by atoms with E-state index in [2.05, 4.69) is 21.7 Å². The van der Waals surface area contributed by atoms with E-state index in [1.165, 1.54) is 11.3 Å². The molecule has 1 amide bonds. The van der Waals surface area contributed by atoms with Crippen LogP contribution in [0, 0.1) is 0 Å². The molecule has 0 saturated carbocycles. The van der Waals surface area contributed by atoms with E-state index in [0.29, 0.717) is 55.4 Å². The van der Waals surface area contributed by atoms with Crippen LogP contribution >= 0.6 is 11.3 Å². The molecular weight excluding hydrogens is 478 g/mol. The summed E-state index contributed by atoms with van der Waals surface area (Å²) in [5.41, 5.74) is 1.24. The lowest BCUT2D eigenvalue weighted by Gasteiger charge is -2.28. The maximum Gasteiger partial charge on any atom is 0.258 e. The molecule has 0 spiro atoms. The molecule has 0 unspecified atom stereocenters. The maximum absolute atomic E-state index is 13.7. The first-order valence-corrected chi connectivity index (χ1v) is 13.1. The van der Waals surface area contributed by atoms with Crippen molar-refractivity contribution in [1.82, 2.24) is 19.6 Å². The zero-order chi connectivity index (χ0) is 25.1. The molecule has 5 heterocycles. The van der Waals surface area contributed by atoms with Crippen molar-refractivity contribution in [3.05, 3.63) is 51.1 Å². The largest absolute Gasteiger partial charge is 0.379 e. The molecule has 0 aromatic carbocycles. The molecule has 190 valence electrons. The van der Waals surface area contributed by atoms with Crippen molar-refractivity contribution >= 4 is 51.1 Å². The average molecular weight is 510 g/mol. The number of pyridine rings is 2. The fourth-order valence-corrected chi connectivity index (χ4v) is 5.80. The van der Waals surface area contributed by atoms with E-state index in [1.807, 2.05) is 29.5 Å². The Hall–Kier alpha value is -3.05. The number of carbonyl (C=O) groups is 1. The summed E-state index contributed by atoms with van der Waals surface area (Å²) in [7, 11) is 0. The first kappa shape index (κ1) is 24.6. The van der Waals surface area contributed by atoms with Crippen LogP contribution in [0.2, 0.25) is 0 Å². The summed E-state index contributed by atoms with van der Waals surface area (Å²) in [5, 5.41) is 3.39. The molecule has 0 aliphatic carbocycles. The first-order valence-electron chi connectivity index (χ1n) is 12.3. The second-order valence-corrected chi connectivity index (χ2v) is 9.78. The van der Waals surface area contributed by atoms with Gasteiger partial charge in [-0.25, -0.2) is 4.98 Å². The number of hydrogen-bond acceptors (Lipinski definition) is 8. The fourth-order valence-electron chi connectivity index (χ4n) is 4.68. The monoisotopic (exact) mass is 509 g/mol. The number of aromatic nitrogens is 2. The van der Waals surface area contributed by atoms with Gasteiger partial charge < -0.3 is 19.7 Å². The van der Waals surface area contributed by atoms with E-state index in [0.717, 1.165) is 42.6 Å². The van der Waals surface area contributed by atoms with Gasteiger partial charge in [0.2, 0.25) is 5.43 Å². The summed E-state index contributed by atoms with van der Waals surface area (Å²) >= 11 is 1.38. The number of amides is 1. The SMILES string of the molecule is C=Cc1sc2c(C(=O)NCCN3CCOCC3)c(=O)c3ccc(N4CCOCC4)nc3n2c1/C=C\C. The lowest BCUT2D eigenvalue weighted by atomic mass is 10.1. The van der Waals surface area contributed by atoms with Crippen molar-refractivity contribution in [3.8, 4) is 0 Å². The molecule has 5 rings (SSSR count). The van der Waals surface area contributed by atoms with E-state index in [9.17, 15) is 9.59 Å². The van der Waals surface area contributed by atoms with Crippen LogP contribution in [0.1, 0.15) is 27.9 Å². The van der Waals surface area contributed by atoms with Gasteiger partial charge in [-0.05, 0) is 31.2 Å². The van der Waals surface area contributed by atoms with Crippen LogP contribution in [0.15, 0.2) is 29.6 Å². The van der Waals surface area contributed by atoms with Crippen molar-refractivity contribution in [2.24, 2.45) is 0 Å². The van der Waals surface area contributed by atoms with Crippen molar-refractivity contribution in [3.63, 3.8) is 0 Å². The maximum atomic E-state index is 13.7. The quantitative estimate of drug-likeness (QED) is 0.524. The average Bonchev–Trinajstić information content (AvgIpc) is 3.28. The van der Waals surface area contributed by atoms with Crippen molar-refractivity contribution in [1.29, 1.82) is 0 Å². The van der Waals surface area contributed by atoms with E-state index in [-0.39, 0.29) is 16.9 Å². The van der Waals surface area contributed by atoms with Gasteiger partial charge in [0.25, 0.3) is 5.91 Å². The third kappa shape index (κ3) is 4.69. The minimum absolute atomic E-state index is 0.147. The number of ether oxygens (including phenoxy) is 2. The van der Waals surface area contributed by atoms with Gasteiger partial charge in [-0.15, -0.1) is 11.3 Å². The molecular formula is C26H31N5O4S. The molecule has 0 bridgehead atoms. The van der Waals surface area contributed by atoms with Crippen LogP contribution in [0.25, 0.3) is 28.0 Å². The third-order valence-electron chi connectivity index (χ3n) is 6.55. The summed E-state index contributed by atoms with van der Waals surface area (Å²) in [6.45, 7) is 12.9. The number of carbonyl (C=O) groups excluding carboxylic acids is 1. The number of thiazole rings is 1. The molecule has 0 atom stereocenters. The summed E-state index contributed by atoms with van der Waals surface area (Å²) in [5.74, 6) is 0.424. The van der Waals surface area contributed by atoms with Crippen LogP contribution in [0.5, 0.6) is 0 Å². The molecule has 2 aliphatic heterocycles. The fraction of sp³-hybridized carbons (Fsp3) is 0.423. The molecule has 9 nitrogen and oxygen atoms in total. The highest BCUT2D eigenvalue weighted by molar-refractivity contribution is 7.19. The number of morpholine rings is 2. The molecule has 0 radical (unpaired) electrons. The smallest absolute Gasteiger partial charge is 0.258 e. The van der Waals surface area contributed by atoms with Gasteiger partial charge in [-0.2, -0.15) is 0 Å². The van der Waals surface area contributed by atoms with E-state index in [4.69, 9.17) is 14.5 Å². The van der Waals surface area contributed by atoms with E-state index in [1.54, 1.807) is 12.1 Å². The third-order valence-corrected chi connectivity index (χ3v) is 7.73. The number of nitrogens with zero attached hydrogens (tertiary/aromatic N) is 4. The Kier molecular flexibility index (Phi) is 7.47. The molecule has 3 aromatic rings. The number of fused-ring (bicyclic) bond motifs is 3. The van der Waals surface area contributed by atoms with Gasteiger partial charge in [-0.1, -0.05) is 12.7 Å². The molecule has 2 saturated heterocycles. The van der Waals surface area contributed by atoms with Crippen LogP contribution < -0.4 is 15.6 Å². The summed E-state index contributed by atoms with van der Waals surface area (Å²) in [6.07, 6.45) is 5.66. The topological polar surface area (TPSA) is 88.4 Å². The molecule has 36 heavy (non-hydrogen) atoms. The standard InChI is InChI=1S/C26H31N5O4S/c1-3-5-19-20(4-2)36-26-22(25(33)27-8-9-29-10-14-34-15-11-29)23(32)18-6-7-21(28-24(18)31(19)26)30-12-16-35-17-13-30/h3-7H,2,8-17H2,1H3,(H,27,33)/b5-3-. The van der Waals surface area contributed by atoms with Gasteiger partial charge in [0.05, 0.1) is 42.4 Å². The van der Waals surface area contributed by atoms with Crippen molar-refractivity contribution < 1.29 is 14.3 Å². The highest BCUT2D eigenvalue weighted by atomic mass is 32.1. The van der Waals surface area contributed by atoms with Gasteiger partial charge in [-0.3, -0.25) is 18.9 Å². The Labute approximate surface area is 213 Å². The van der Waals surface area contributed by atoms with Crippen LogP contribution in [-0.4, -0.2) is 85.9 Å². The number of rotatable bonds is 7. The Morgan fingerprint density at radius 3 is 2.58 bits per heavy atom. The predicted molar refractivity (Wildman–Crippen MR) is 144 cm³/mol. The second kappa shape index (κ2) is 10.9. The molecule has 10 heteroatoms. The Morgan fingerprint density at radius 1 is 1.17 bits per heavy atom. The number of hydrogen-bond donors (Lipinski definition) is 1. The number of anilines is 1. The number of allylic oxidation sites excluding steroid dienone is 1. The Balaban J connectivity index is 1.60. The predicted octanol–water partition coefficient (Wildman–Crippen LogP) is 2.48. The first-order chi connectivity index (χ1) is 17.6. The zero-order valence-corrected chi connectivity index (χ0v) is 21.3. The Bertz CT molecular complexity index is 1370. The van der Waals surface area contributed by atoms with Gasteiger partial charge in [0.1, 0.15) is 16.2 Å². The normalized spacial score (nSPS) is 17.3. The zero-order valence-electron chi connectivity index (χ0n) is 20.5. The summed E-state index contributed by atoms with van der Waals surface area (Å²) in [4.78, 5) is 37.9. The van der Waals surface area contributed by atoms with Crippen molar-refractivity contribution in [2.45, 2.75) is 6.92 Å².